The molecule has 7 heteroatoms. The van der Waals surface area contributed by atoms with Crippen molar-refractivity contribution in [2.75, 3.05) is 37.5 Å². The molecule has 0 saturated heterocycles. The van der Waals surface area contributed by atoms with Gasteiger partial charge in [0, 0.05) is 25.5 Å². The van der Waals surface area contributed by atoms with Crippen molar-refractivity contribution in [3.63, 3.8) is 0 Å². The third kappa shape index (κ3) is 5.31. The molecule has 128 valence electrons. The molecule has 0 bridgehead atoms. The number of carbonyl (C=O) groups excluding carboxylic acids is 1. The first-order valence-corrected chi connectivity index (χ1v) is 7.73. The molecular formula is C17H19ClFN3O2. The third-order valence-corrected chi connectivity index (χ3v) is 3.48. The molecule has 0 radical (unpaired) electrons. The predicted octanol–water partition coefficient (Wildman–Crippen LogP) is 3.75. The Bertz CT molecular complexity index is 693. The molecule has 0 aliphatic carbocycles. The summed E-state index contributed by atoms with van der Waals surface area (Å²) in [5.74, 6) is -0.0512. The minimum Gasteiger partial charge on any atom is -0.490 e. The molecule has 2 aromatic carbocycles. The number of nitrogens with one attached hydrogen (secondary N) is 2. The van der Waals surface area contributed by atoms with E-state index in [-0.39, 0.29) is 24.2 Å². The van der Waals surface area contributed by atoms with Gasteiger partial charge < -0.3 is 20.3 Å². The highest BCUT2D eigenvalue weighted by Crippen LogP contribution is 2.24. The van der Waals surface area contributed by atoms with Gasteiger partial charge in [0.1, 0.15) is 18.2 Å². The van der Waals surface area contributed by atoms with Crippen molar-refractivity contribution < 1.29 is 13.9 Å². The van der Waals surface area contributed by atoms with Gasteiger partial charge in [-0.2, -0.15) is 0 Å². The highest BCUT2D eigenvalue weighted by molar-refractivity contribution is 6.32. The number of ether oxygens (including phenoxy) is 1. The largest absolute Gasteiger partial charge is 0.490 e. The fourth-order valence-electron chi connectivity index (χ4n) is 1.94. The number of carbonyl (C=O) groups is 1. The molecule has 0 aliphatic rings. The van der Waals surface area contributed by atoms with Gasteiger partial charge in [0.05, 0.1) is 11.6 Å². The van der Waals surface area contributed by atoms with Gasteiger partial charge in [-0.3, -0.25) is 0 Å². The van der Waals surface area contributed by atoms with Crippen molar-refractivity contribution in [3.8, 4) is 5.75 Å². The topological polar surface area (TPSA) is 53.6 Å². The second-order valence-electron chi connectivity index (χ2n) is 5.25. The standard InChI is InChI=1S/C17H19ClFN3O2/c1-22(2)14-6-4-13(5-7-14)21-17(23)20-9-10-24-16-8-3-12(19)11-15(16)18/h3-8,11H,9-10H2,1-2H3,(H2,20,21,23). The van der Waals surface area contributed by atoms with Crippen LogP contribution in [0, 0.1) is 5.82 Å². The monoisotopic (exact) mass is 351 g/mol. The molecule has 0 saturated carbocycles. The molecule has 2 rings (SSSR count). The summed E-state index contributed by atoms with van der Waals surface area (Å²) in [5, 5.41) is 5.59. The molecule has 0 spiro atoms. The lowest BCUT2D eigenvalue weighted by atomic mass is 10.2. The quantitative estimate of drug-likeness (QED) is 0.779. The van der Waals surface area contributed by atoms with Crippen molar-refractivity contribution in [3.05, 3.63) is 53.3 Å². The Balaban J connectivity index is 1.73. The average Bonchev–Trinajstić information content (AvgIpc) is 2.53. The second-order valence-corrected chi connectivity index (χ2v) is 5.65. The van der Waals surface area contributed by atoms with Crippen molar-refractivity contribution in [1.82, 2.24) is 5.32 Å². The van der Waals surface area contributed by atoms with Gasteiger partial charge in [0.2, 0.25) is 0 Å². The summed E-state index contributed by atoms with van der Waals surface area (Å²) in [7, 11) is 3.89. The van der Waals surface area contributed by atoms with Gasteiger partial charge in [-0.15, -0.1) is 0 Å². The maximum atomic E-state index is 12.9. The summed E-state index contributed by atoms with van der Waals surface area (Å²) in [5.41, 5.74) is 1.74. The van der Waals surface area contributed by atoms with E-state index < -0.39 is 5.82 Å². The van der Waals surface area contributed by atoms with Crippen LogP contribution in [0.2, 0.25) is 5.02 Å². The SMILES string of the molecule is CN(C)c1ccc(NC(=O)NCCOc2ccc(F)cc2Cl)cc1. The van der Waals surface area contributed by atoms with Crippen LogP contribution in [0.25, 0.3) is 0 Å². The van der Waals surface area contributed by atoms with Gasteiger partial charge >= 0.3 is 6.03 Å². The van der Waals surface area contributed by atoms with E-state index in [0.717, 1.165) is 5.69 Å². The molecule has 0 fully saturated rings. The average molecular weight is 352 g/mol. The van der Waals surface area contributed by atoms with E-state index in [9.17, 15) is 9.18 Å². The van der Waals surface area contributed by atoms with Crippen molar-refractivity contribution in [2.24, 2.45) is 0 Å². The van der Waals surface area contributed by atoms with Crippen LogP contribution in [0.4, 0.5) is 20.6 Å². The van der Waals surface area contributed by atoms with Crippen molar-refractivity contribution in [2.45, 2.75) is 0 Å². The van der Waals surface area contributed by atoms with E-state index in [0.29, 0.717) is 11.4 Å². The summed E-state index contributed by atoms with van der Waals surface area (Å²) in [6.07, 6.45) is 0. The van der Waals surface area contributed by atoms with Crippen LogP contribution in [0.5, 0.6) is 5.75 Å². The minimum absolute atomic E-state index is 0.195. The molecule has 5 nitrogen and oxygen atoms in total. The normalized spacial score (nSPS) is 10.2. The Morgan fingerprint density at radius 2 is 1.92 bits per heavy atom. The molecular weight excluding hydrogens is 333 g/mol. The molecule has 0 atom stereocenters. The first-order valence-electron chi connectivity index (χ1n) is 7.36. The van der Waals surface area contributed by atoms with Gasteiger partial charge in [0.25, 0.3) is 0 Å². The zero-order chi connectivity index (χ0) is 17.5. The Labute approximate surface area is 145 Å². The van der Waals surface area contributed by atoms with E-state index in [1.807, 2.05) is 43.3 Å². The number of urea groups is 1. The third-order valence-electron chi connectivity index (χ3n) is 3.18. The fraction of sp³-hybridized carbons (Fsp3) is 0.235. The number of amides is 2. The molecule has 24 heavy (non-hydrogen) atoms. The highest BCUT2D eigenvalue weighted by Gasteiger charge is 2.04. The summed E-state index contributed by atoms with van der Waals surface area (Å²) in [4.78, 5) is 13.8. The van der Waals surface area contributed by atoms with Crippen LogP contribution in [-0.4, -0.2) is 33.3 Å². The van der Waals surface area contributed by atoms with Gasteiger partial charge in [-0.25, -0.2) is 9.18 Å². The summed E-state index contributed by atoms with van der Waals surface area (Å²) >= 11 is 5.85. The zero-order valence-corrected chi connectivity index (χ0v) is 14.2. The molecule has 2 aromatic rings. The maximum absolute atomic E-state index is 12.9. The van der Waals surface area contributed by atoms with E-state index in [1.54, 1.807) is 0 Å². The number of hydrogen-bond donors (Lipinski definition) is 2. The van der Waals surface area contributed by atoms with Crippen LogP contribution in [0.15, 0.2) is 42.5 Å². The van der Waals surface area contributed by atoms with Crippen LogP contribution >= 0.6 is 11.6 Å². The Kier molecular flexibility index (Phi) is 6.26. The smallest absolute Gasteiger partial charge is 0.319 e. The lowest BCUT2D eigenvalue weighted by Gasteiger charge is -2.13. The second kappa shape index (κ2) is 8.40. The minimum atomic E-state index is -0.426. The van der Waals surface area contributed by atoms with E-state index in [2.05, 4.69) is 10.6 Å². The zero-order valence-electron chi connectivity index (χ0n) is 13.5. The summed E-state index contributed by atoms with van der Waals surface area (Å²) < 4.78 is 18.3. The van der Waals surface area contributed by atoms with Gasteiger partial charge in [0.15, 0.2) is 0 Å². The Morgan fingerprint density at radius 1 is 1.21 bits per heavy atom. The van der Waals surface area contributed by atoms with Crippen LogP contribution in [0.1, 0.15) is 0 Å². The Hall–Kier alpha value is -2.47. The van der Waals surface area contributed by atoms with Crippen LogP contribution < -0.4 is 20.3 Å². The molecule has 2 amide bonds. The molecule has 0 unspecified atom stereocenters. The van der Waals surface area contributed by atoms with Crippen LogP contribution in [-0.2, 0) is 0 Å². The highest BCUT2D eigenvalue weighted by atomic mass is 35.5. The van der Waals surface area contributed by atoms with Crippen LogP contribution in [0.3, 0.4) is 0 Å². The molecule has 0 heterocycles. The fourth-order valence-corrected chi connectivity index (χ4v) is 2.16. The van der Waals surface area contributed by atoms with E-state index in [1.165, 1.54) is 18.2 Å². The number of nitrogens with zero attached hydrogens (tertiary/aromatic N) is 1. The molecule has 0 aliphatic heterocycles. The van der Waals surface area contributed by atoms with Gasteiger partial charge in [-0.05, 0) is 42.5 Å². The summed E-state index contributed by atoms with van der Waals surface area (Å²) in [6, 6.07) is 11.0. The number of benzene rings is 2. The number of anilines is 2. The van der Waals surface area contributed by atoms with Gasteiger partial charge in [-0.1, -0.05) is 11.6 Å². The maximum Gasteiger partial charge on any atom is 0.319 e. The number of rotatable bonds is 6. The summed E-state index contributed by atoms with van der Waals surface area (Å²) in [6.45, 7) is 0.508. The first kappa shape index (κ1) is 17.9. The first-order chi connectivity index (χ1) is 11.5. The predicted molar refractivity (Wildman–Crippen MR) is 94.7 cm³/mol. The molecule has 0 aromatic heterocycles. The van der Waals surface area contributed by atoms with E-state index >= 15 is 0 Å². The van der Waals surface area contributed by atoms with Crippen molar-refractivity contribution >= 4 is 29.0 Å². The number of hydrogen-bond acceptors (Lipinski definition) is 3. The molecule has 2 N–H and O–H groups in total. The Morgan fingerprint density at radius 3 is 2.54 bits per heavy atom. The van der Waals surface area contributed by atoms with Crippen molar-refractivity contribution in [1.29, 1.82) is 0 Å². The van der Waals surface area contributed by atoms with E-state index in [4.69, 9.17) is 16.3 Å². The lowest BCUT2D eigenvalue weighted by molar-refractivity contribution is 0.247. The number of halogens is 2. The lowest BCUT2D eigenvalue weighted by Crippen LogP contribution is -2.32.